The predicted molar refractivity (Wildman–Crippen MR) is 89.3 cm³/mol. The van der Waals surface area contributed by atoms with E-state index < -0.39 is 8.32 Å². The second-order valence-corrected chi connectivity index (χ2v) is 10.7. The molecular weight excluding hydrogens is 316 g/mol. The monoisotopic (exact) mass is 336 g/mol. The molecule has 1 nitrogen and oxygen atoms in total. The summed E-state index contributed by atoms with van der Waals surface area (Å²) in [7, 11) is -1.43. The minimum atomic E-state index is -1.43. The highest BCUT2D eigenvalue weighted by atomic mass is 79.9. The molecule has 0 aromatic heterocycles. The minimum absolute atomic E-state index is 0.970. The summed E-state index contributed by atoms with van der Waals surface area (Å²) in [5.74, 6) is 0.970. The molecule has 0 saturated carbocycles. The van der Waals surface area contributed by atoms with Gasteiger partial charge in [-0.05, 0) is 50.8 Å². The first-order valence-corrected chi connectivity index (χ1v) is 10.5. The Morgan fingerprint density at radius 1 is 0.842 bits per heavy atom. The van der Waals surface area contributed by atoms with Gasteiger partial charge in [0.25, 0.3) is 0 Å². The van der Waals surface area contributed by atoms with Crippen LogP contribution in [-0.4, -0.2) is 8.32 Å². The molecule has 3 heteroatoms. The third-order valence-electron chi connectivity index (χ3n) is 2.18. The maximum atomic E-state index is 5.77. The van der Waals surface area contributed by atoms with E-state index in [1.807, 2.05) is 42.5 Å². The van der Waals surface area contributed by atoms with Gasteiger partial charge in [-0.15, -0.1) is 0 Å². The number of aryl methyl sites for hydroxylation is 1. The van der Waals surface area contributed by atoms with Gasteiger partial charge in [-0.3, -0.25) is 0 Å². The van der Waals surface area contributed by atoms with E-state index in [9.17, 15) is 0 Å². The van der Waals surface area contributed by atoms with Crippen LogP contribution in [-0.2, 0) is 0 Å². The van der Waals surface area contributed by atoms with Gasteiger partial charge in [0.2, 0.25) is 8.32 Å². The highest BCUT2D eigenvalue weighted by Gasteiger charge is 2.15. The Bertz CT molecular complexity index is 474. The van der Waals surface area contributed by atoms with Crippen LogP contribution in [0.25, 0.3) is 0 Å². The fraction of sp³-hybridized carbons (Fsp3) is 0.250. The van der Waals surface area contributed by atoms with Gasteiger partial charge in [0.05, 0.1) is 0 Å². The van der Waals surface area contributed by atoms with Crippen molar-refractivity contribution in [3.8, 4) is 5.75 Å². The van der Waals surface area contributed by atoms with E-state index >= 15 is 0 Å². The Morgan fingerprint density at radius 2 is 1.37 bits per heavy atom. The third-order valence-corrected chi connectivity index (χ3v) is 3.55. The zero-order chi connectivity index (χ0) is 14.3. The average Bonchev–Trinajstić information content (AvgIpc) is 2.32. The van der Waals surface area contributed by atoms with Crippen molar-refractivity contribution in [1.82, 2.24) is 0 Å². The lowest BCUT2D eigenvalue weighted by atomic mass is 10.2. The maximum Gasteiger partial charge on any atom is 0.242 e. The Morgan fingerprint density at radius 3 is 1.74 bits per heavy atom. The van der Waals surface area contributed by atoms with Crippen molar-refractivity contribution < 1.29 is 4.43 Å². The van der Waals surface area contributed by atoms with Crippen LogP contribution in [0.5, 0.6) is 5.75 Å². The SMILES string of the molecule is C[Si](C)(C)Oc1ccc(Br)cc1.Cc1ccccc1. The number of rotatable bonds is 2. The van der Waals surface area contributed by atoms with Crippen molar-refractivity contribution in [2.24, 2.45) is 0 Å². The van der Waals surface area contributed by atoms with Crippen LogP contribution in [0.1, 0.15) is 5.56 Å². The lowest BCUT2D eigenvalue weighted by molar-refractivity contribution is 0.557. The van der Waals surface area contributed by atoms with E-state index in [0.717, 1.165) is 10.2 Å². The summed E-state index contributed by atoms with van der Waals surface area (Å²) >= 11 is 3.38. The molecule has 0 atom stereocenters. The lowest BCUT2D eigenvalue weighted by Crippen LogP contribution is -2.29. The minimum Gasteiger partial charge on any atom is -0.544 e. The molecule has 0 radical (unpaired) electrons. The fourth-order valence-corrected chi connectivity index (χ4v) is 2.50. The van der Waals surface area contributed by atoms with Crippen LogP contribution >= 0.6 is 15.9 Å². The van der Waals surface area contributed by atoms with Crippen LogP contribution in [0.3, 0.4) is 0 Å². The molecule has 0 aliphatic heterocycles. The molecule has 0 spiro atoms. The molecule has 0 aliphatic rings. The van der Waals surface area contributed by atoms with Crippen molar-refractivity contribution in [3.63, 3.8) is 0 Å². The van der Waals surface area contributed by atoms with Gasteiger partial charge >= 0.3 is 0 Å². The van der Waals surface area contributed by atoms with Gasteiger partial charge in [0.15, 0.2) is 0 Å². The van der Waals surface area contributed by atoms with Crippen LogP contribution in [0.15, 0.2) is 59.1 Å². The molecule has 2 rings (SSSR count). The molecular formula is C16H21BrOSi. The van der Waals surface area contributed by atoms with Crippen LogP contribution < -0.4 is 4.43 Å². The molecule has 0 bridgehead atoms. The summed E-state index contributed by atoms with van der Waals surface area (Å²) in [5, 5.41) is 0. The summed E-state index contributed by atoms with van der Waals surface area (Å²) < 4.78 is 6.86. The topological polar surface area (TPSA) is 9.23 Å². The number of hydrogen-bond acceptors (Lipinski definition) is 1. The normalized spacial score (nSPS) is 10.4. The molecule has 0 heterocycles. The second-order valence-electron chi connectivity index (χ2n) is 5.32. The third kappa shape index (κ3) is 7.85. The van der Waals surface area contributed by atoms with Crippen molar-refractivity contribution >= 4 is 24.2 Å². The molecule has 19 heavy (non-hydrogen) atoms. The molecule has 2 aromatic carbocycles. The van der Waals surface area contributed by atoms with Crippen LogP contribution in [0, 0.1) is 6.92 Å². The van der Waals surface area contributed by atoms with Crippen molar-refractivity contribution in [2.45, 2.75) is 26.6 Å². The van der Waals surface area contributed by atoms with Gasteiger partial charge in [-0.1, -0.05) is 51.8 Å². The molecule has 0 N–H and O–H groups in total. The zero-order valence-corrected chi connectivity index (χ0v) is 14.6. The first-order valence-electron chi connectivity index (χ1n) is 6.33. The summed E-state index contributed by atoms with van der Waals surface area (Å²) in [6, 6.07) is 18.2. The molecule has 0 fully saturated rings. The fourth-order valence-electron chi connectivity index (χ4n) is 1.39. The van der Waals surface area contributed by atoms with Gasteiger partial charge in [0.1, 0.15) is 5.75 Å². The van der Waals surface area contributed by atoms with Crippen molar-refractivity contribution in [2.75, 3.05) is 0 Å². The summed E-state index contributed by atoms with van der Waals surface area (Å²) in [4.78, 5) is 0. The number of halogens is 1. The maximum absolute atomic E-state index is 5.77. The standard InChI is InChI=1S/C9H13BrOSi.C7H8/c1-12(2,3)11-9-6-4-8(10)5-7-9;1-7-5-3-2-4-6-7/h4-7H,1-3H3;2-6H,1H3. The molecule has 2 aromatic rings. The summed E-state index contributed by atoms with van der Waals surface area (Å²) in [5.41, 5.74) is 1.32. The molecule has 0 amide bonds. The molecule has 0 unspecified atom stereocenters. The van der Waals surface area contributed by atoms with E-state index in [1.165, 1.54) is 5.56 Å². The molecule has 102 valence electrons. The Hall–Kier alpha value is -1.06. The van der Waals surface area contributed by atoms with Gasteiger partial charge in [-0.2, -0.15) is 0 Å². The summed E-state index contributed by atoms with van der Waals surface area (Å²) in [6.45, 7) is 8.61. The van der Waals surface area contributed by atoms with E-state index in [0.29, 0.717) is 0 Å². The first-order chi connectivity index (χ1) is 8.87. The predicted octanol–water partition coefficient (Wildman–Crippen LogP) is 5.66. The molecule has 0 aliphatic carbocycles. The first kappa shape index (κ1) is 16.0. The zero-order valence-electron chi connectivity index (χ0n) is 12.0. The van der Waals surface area contributed by atoms with Gasteiger partial charge < -0.3 is 4.43 Å². The second kappa shape index (κ2) is 7.51. The smallest absolute Gasteiger partial charge is 0.242 e. The van der Waals surface area contributed by atoms with E-state index in [1.54, 1.807) is 0 Å². The number of benzene rings is 2. The van der Waals surface area contributed by atoms with Crippen molar-refractivity contribution in [3.05, 3.63) is 64.6 Å². The quantitative estimate of drug-likeness (QED) is 0.643. The van der Waals surface area contributed by atoms with Crippen LogP contribution in [0.4, 0.5) is 0 Å². The molecule has 0 saturated heterocycles. The van der Waals surface area contributed by atoms with Gasteiger partial charge in [0, 0.05) is 4.47 Å². The van der Waals surface area contributed by atoms with Crippen LogP contribution in [0.2, 0.25) is 19.6 Å². The van der Waals surface area contributed by atoms with Gasteiger partial charge in [-0.25, -0.2) is 0 Å². The largest absolute Gasteiger partial charge is 0.544 e. The van der Waals surface area contributed by atoms with E-state index in [2.05, 4.69) is 54.6 Å². The Labute approximate surface area is 125 Å². The van der Waals surface area contributed by atoms with E-state index in [-0.39, 0.29) is 0 Å². The highest BCUT2D eigenvalue weighted by molar-refractivity contribution is 9.10. The lowest BCUT2D eigenvalue weighted by Gasteiger charge is -2.18. The highest BCUT2D eigenvalue weighted by Crippen LogP contribution is 2.19. The average molecular weight is 337 g/mol. The Kier molecular flexibility index (Phi) is 6.32. The number of hydrogen-bond donors (Lipinski definition) is 0. The summed E-state index contributed by atoms with van der Waals surface area (Å²) in [6.07, 6.45) is 0. The van der Waals surface area contributed by atoms with E-state index in [4.69, 9.17) is 4.43 Å². The van der Waals surface area contributed by atoms with Crippen molar-refractivity contribution in [1.29, 1.82) is 0 Å². The Balaban J connectivity index is 0.000000218.